The monoisotopic (exact) mass is 364 g/mol. The molecule has 3 atom stereocenters. The van der Waals surface area contributed by atoms with Crippen LogP contribution in [0.15, 0.2) is 30.5 Å². The second-order valence-electron chi connectivity index (χ2n) is 7.70. The van der Waals surface area contributed by atoms with E-state index in [4.69, 9.17) is 0 Å². The summed E-state index contributed by atoms with van der Waals surface area (Å²) >= 11 is 0. The standard InChI is InChI=1S/C21H24N4O2/c22-12-19(13-5-6-13)25-21(27)16-3-1-2-4-18(16)24-20(26)15-7-8-17-14(11-15)9-10-23-17/h7-11,13,16,18-19,23H,1-6H2,(H,24,26)(H,25,27). The SMILES string of the molecule is N#CC(NC(=O)C1CCCCC1NC(=O)c1ccc2[nH]ccc2c1)C1CC1. The van der Waals surface area contributed by atoms with E-state index in [0.717, 1.165) is 49.4 Å². The van der Waals surface area contributed by atoms with Crippen molar-refractivity contribution in [2.45, 2.75) is 50.6 Å². The number of aromatic amines is 1. The molecule has 2 aliphatic carbocycles. The Hall–Kier alpha value is -2.81. The largest absolute Gasteiger partial charge is 0.361 e. The molecule has 140 valence electrons. The van der Waals surface area contributed by atoms with Crippen molar-refractivity contribution in [1.82, 2.24) is 15.6 Å². The van der Waals surface area contributed by atoms with Crippen molar-refractivity contribution in [3.05, 3.63) is 36.0 Å². The minimum atomic E-state index is -0.397. The zero-order valence-electron chi connectivity index (χ0n) is 15.2. The van der Waals surface area contributed by atoms with Crippen molar-refractivity contribution in [2.75, 3.05) is 0 Å². The Balaban J connectivity index is 1.44. The molecule has 1 aromatic heterocycles. The fraction of sp³-hybridized carbons (Fsp3) is 0.476. The van der Waals surface area contributed by atoms with Gasteiger partial charge in [0.1, 0.15) is 6.04 Å². The molecule has 6 heteroatoms. The zero-order valence-corrected chi connectivity index (χ0v) is 15.2. The van der Waals surface area contributed by atoms with Crippen LogP contribution in [-0.4, -0.2) is 28.9 Å². The molecule has 2 aliphatic rings. The predicted molar refractivity (Wildman–Crippen MR) is 102 cm³/mol. The number of fused-ring (bicyclic) bond motifs is 1. The second-order valence-corrected chi connectivity index (χ2v) is 7.70. The molecule has 27 heavy (non-hydrogen) atoms. The molecule has 0 radical (unpaired) electrons. The lowest BCUT2D eigenvalue weighted by atomic mass is 9.83. The van der Waals surface area contributed by atoms with Crippen molar-refractivity contribution < 1.29 is 9.59 Å². The second kappa shape index (κ2) is 7.43. The van der Waals surface area contributed by atoms with Crippen LogP contribution in [0.1, 0.15) is 48.9 Å². The van der Waals surface area contributed by atoms with E-state index in [9.17, 15) is 14.9 Å². The summed E-state index contributed by atoms with van der Waals surface area (Å²) in [5, 5.41) is 16.2. The van der Waals surface area contributed by atoms with Crippen LogP contribution >= 0.6 is 0 Å². The van der Waals surface area contributed by atoms with Gasteiger partial charge in [0.05, 0.1) is 12.0 Å². The maximum Gasteiger partial charge on any atom is 0.251 e. The Morgan fingerprint density at radius 2 is 1.96 bits per heavy atom. The average molecular weight is 364 g/mol. The van der Waals surface area contributed by atoms with Crippen molar-refractivity contribution in [2.24, 2.45) is 11.8 Å². The van der Waals surface area contributed by atoms with Gasteiger partial charge in [0.2, 0.25) is 5.91 Å². The lowest BCUT2D eigenvalue weighted by Crippen LogP contribution is -2.50. The Labute approximate surface area is 158 Å². The maximum absolute atomic E-state index is 12.8. The highest BCUT2D eigenvalue weighted by Crippen LogP contribution is 2.33. The third-order valence-corrected chi connectivity index (χ3v) is 5.76. The Kier molecular flexibility index (Phi) is 4.85. The quantitative estimate of drug-likeness (QED) is 0.761. The number of carbonyl (C=O) groups is 2. The van der Waals surface area contributed by atoms with E-state index in [1.807, 2.05) is 24.4 Å². The zero-order chi connectivity index (χ0) is 18.8. The molecule has 3 unspecified atom stereocenters. The minimum absolute atomic E-state index is 0.0977. The van der Waals surface area contributed by atoms with Gasteiger partial charge in [-0.1, -0.05) is 12.8 Å². The number of nitrogens with zero attached hydrogens (tertiary/aromatic N) is 1. The van der Waals surface area contributed by atoms with Gasteiger partial charge in [-0.2, -0.15) is 5.26 Å². The molecule has 2 amide bonds. The number of amides is 2. The fourth-order valence-corrected chi connectivity index (χ4v) is 4.01. The van der Waals surface area contributed by atoms with Gasteiger partial charge in [-0.05, 0) is 55.9 Å². The number of H-pyrrole nitrogens is 1. The molecule has 0 saturated heterocycles. The molecule has 1 aromatic carbocycles. The molecule has 1 heterocycles. The fourth-order valence-electron chi connectivity index (χ4n) is 4.01. The predicted octanol–water partition coefficient (Wildman–Crippen LogP) is 2.87. The number of hydrogen-bond acceptors (Lipinski definition) is 3. The molecule has 2 aromatic rings. The van der Waals surface area contributed by atoms with Gasteiger partial charge in [0.15, 0.2) is 0 Å². The molecule has 2 fully saturated rings. The highest BCUT2D eigenvalue weighted by Gasteiger charge is 2.37. The van der Waals surface area contributed by atoms with Crippen molar-refractivity contribution >= 4 is 22.7 Å². The van der Waals surface area contributed by atoms with Crippen LogP contribution in [0, 0.1) is 23.2 Å². The summed E-state index contributed by atoms with van der Waals surface area (Å²) in [7, 11) is 0. The number of carbonyl (C=O) groups excluding carboxylic acids is 2. The van der Waals surface area contributed by atoms with E-state index in [0.29, 0.717) is 11.5 Å². The summed E-state index contributed by atoms with van der Waals surface area (Å²) in [6, 6.07) is 9.10. The lowest BCUT2D eigenvalue weighted by Gasteiger charge is -2.31. The summed E-state index contributed by atoms with van der Waals surface area (Å²) in [5.41, 5.74) is 1.59. The van der Waals surface area contributed by atoms with Crippen molar-refractivity contribution in [3.8, 4) is 6.07 Å². The number of benzene rings is 1. The van der Waals surface area contributed by atoms with Crippen LogP contribution in [0.3, 0.4) is 0 Å². The molecule has 0 aliphatic heterocycles. The van der Waals surface area contributed by atoms with E-state index >= 15 is 0 Å². The number of nitrogens with one attached hydrogen (secondary N) is 3. The van der Waals surface area contributed by atoms with Gasteiger partial charge in [-0.15, -0.1) is 0 Å². The molecule has 4 rings (SSSR count). The van der Waals surface area contributed by atoms with Gasteiger partial charge >= 0.3 is 0 Å². The van der Waals surface area contributed by atoms with Crippen LogP contribution in [0.4, 0.5) is 0 Å². The summed E-state index contributed by atoms with van der Waals surface area (Å²) in [5.74, 6) is -0.224. The van der Waals surface area contributed by atoms with Gasteiger partial charge in [-0.25, -0.2) is 0 Å². The van der Waals surface area contributed by atoms with Crippen LogP contribution in [0.2, 0.25) is 0 Å². The highest BCUT2D eigenvalue weighted by atomic mass is 16.2. The van der Waals surface area contributed by atoms with E-state index in [2.05, 4.69) is 21.7 Å². The van der Waals surface area contributed by atoms with E-state index in [1.165, 1.54) is 0 Å². The minimum Gasteiger partial charge on any atom is -0.361 e. The lowest BCUT2D eigenvalue weighted by molar-refractivity contribution is -0.127. The topological polar surface area (TPSA) is 97.8 Å². The Morgan fingerprint density at radius 1 is 1.15 bits per heavy atom. The first kappa shape index (κ1) is 17.6. The Morgan fingerprint density at radius 3 is 2.74 bits per heavy atom. The van der Waals surface area contributed by atoms with E-state index in [-0.39, 0.29) is 23.8 Å². The molecule has 2 saturated carbocycles. The molecular weight excluding hydrogens is 340 g/mol. The summed E-state index contributed by atoms with van der Waals surface area (Å²) < 4.78 is 0. The van der Waals surface area contributed by atoms with Crippen LogP contribution in [0.25, 0.3) is 10.9 Å². The molecule has 0 spiro atoms. The van der Waals surface area contributed by atoms with Crippen LogP contribution in [-0.2, 0) is 4.79 Å². The van der Waals surface area contributed by atoms with Gasteiger partial charge in [-0.3, -0.25) is 9.59 Å². The van der Waals surface area contributed by atoms with Gasteiger partial charge < -0.3 is 15.6 Å². The van der Waals surface area contributed by atoms with E-state index in [1.54, 1.807) is 6.07 Å². The molecule has 6 nitrogen and oxygen atoms in total. The number of rotatable bonds is 5. The summed E-state index contributed by atoms with van der Waals surface area (Å²) in [6.07, 6.45) is 7.36. The third-order valence-electron chi connectivity index (χ3n) is 5.76. The summed E-state index contributed by atoms with van der Waals surface area (Å²) in [4.78, 5) is 28.6. The summed E-state index contributed by atoms with van der Waals surface area (Å²) in [6.45, 7) is 0. The molecule has 3 N–H and O–H groups in total. The average Bonchev–Trinajstić information content (AvgIpc) is 3.42. The number of aromatic nitrogens is 1. The first-order valence-electron chi connectivity index (χ1n) is 9.73. The van der Waals surface area contributed by atoms with E-state index < -0.39 is 6.04 Å². The number of hydrogen-bond donors (Lipinski definition) is 3. The van der Waals surface area contributed by atoms with Crippen LogP contribution < -0.4 is 10.6 Å². The Bertz CT molecular complexity index is 893. The normalized spacial score (nSPS) is 23.4. The first-order chi connectivity index (χ1) is 13.2. The van der Waals surface area contributed by atoms with Gasteiger partial charge in [0, 0.05) is 28.7 Å². The first-order valence-corrected chi connectivity index (χ1v) is 9.73. The third kappa shape index (κ3) is 3.82. The maximum atomic E-state index is 12.8. The molecular formula is C21H24N4O2. The van der Waals surface area contributed by atoms with Crippen molar-refractivity contribution in [1.29, 1.82) is 5.26 Å². The smallest absolute Gasteiger partial charge is 0.251 e. The van der Waals surface area contributed by atoms with Gasteiger partial charge in [0.25, 0.3) is 5.91 Å². The molecule has 0 bridgehead atoms. The number of nitriles is 1. The van der Waals surface area contributed by atoms with Crippen LogP contribution in [0.5, 0.6) is 0 Å². The highest BCUT2D eigenvalue weighted by molar-refractivity contribution is 5.98. The van der Waals surface area contributed by atoms with Crippen molar-refractivity contribution in [3.63, 3.8) is 0 Å².